The Morgan fingerprint density at radius 1 is 1.27 bits per heavy atom. The van der Waals surface area contributed by atoms with Gasteiger partial charge in [-0.2, -0.15) is 16.9 Å². The number of nitrogens with one attached hydrogen (secondary N) is 1. The topological polar surface area (TPSA) is 56.1 Å². The van der Waals surface area contributed by atoms with Crippen LogP contribution >= 0.6 is 11.8 Å². The van der Waals surface area contributed by atoms with Crippen molar-refractivity contribution in [1.29, 1.82) is 0 Å². The Kier molecular flexibility index (Phi) is 5.20. The van der Waals surface area contributed by atoms with Gasteiger partial charge in [-0.05, 0) is 36.6 Å². The first-order valence-electron chi connectivity index (χ1n) is 9.37. The van der Waals surface area contributed by atoms with Gasteiger partial charge in [-0.15, -0.1) is 0 Å². The molecule has 1 aromatic heterocycles. The summed E-state index contributed by atoms with van der Waals surface area (Å²) in [7, 11) is 1.66. The van der Waals surface area contributed by atoms with Crippen LogP contribution in [-0.2, 0) is 16.3 Å². The predicted molar refractivity (Wildman–Crippen MR) is 105 cm³/mol. The summed E-state index contributed by atoms with van der Waals surface area (Å²) in [6.07, 6.45) is 6.80. The van der Waals surface area contributed by atoms with Crippen LogP contribution in [0.25, 0.3) is 5.69 Å². The second kappa shape index (κ2) is 7.74. The number of amides is 1. The van der Waals surface area contributed by atoms with Gasteiger partial charge in [-0.3, -0.25) is 4.79 Å². The fraction of sp³-hybridized carbons (Fsp3) is 0.500. The van der Waals surface area contributed by atoms with Gasteiger partial charge in [0.05, 0.1) is 18.5 Å². The molecule has 6 heteroatoms. The highest BCUT2D eigenvalue weighted by Gasteiger charge is 2.25. The monoisotopic (exact) mass is 371 g/mol. The number of fused-ring (bicyclic) bond motifs is 1. The van der Waals surface area contributed by atoms with E-state index in [-0.39, 0.29) is 5.91 Å². The van der Waals surface area contributed by atoms with E-state index >= 15 is 0 Å². The second-order valence-electron chi connectivity index (χ2n) is 7.11. The summed E-state index contributed by atoms with van der Waals surface area (Å²) >= 11 is 1.85. The molecule has 1 N–H and O–H groups in total. The van der Waals surface area contributed by atoms with Crippen LogP contribution in [0, 0.1) is 5.92 Å². The maximum absolute atomic E-state index is 12.6. The van der Waals surface area contributed by atoms with Gasteiger partial charge in [-0.25, -0.2) is 4.68 Å². The van der Waals surface area contributed by atoms with E-state index in [0.29, 0.717) is 6.42 Å². The number of methoxy groups -OCH3 is 1. The highest BCUT2D eigenvalue weighted by molar-refractivity contribution is 7.98. The number of carbonyl (C=O) groups is 1. The zero-order valence-electron chi connectivity index (χ0n) is 15.2. The molecule has 138 valence electrons. The minimum absolute atomic E-state index is 0.103. The summed E-state index contributed by atoms with van der Waals surface area (Å²) in [5.41, 5.74) is 3.19. The minimum atomic E-state index is 0.103. The van der Waals surface area contributed by atoms with E-state index in [4.69, 9.17) is 9.84 Å². The van der Waals surface area contributed by atoms with Crippen LogP contribution in [0.5, 0.6) is 5.75 Å². The molecule has 1 aromatic carbocycles. The third-order valence-corrected chi connectivity index (χ3v) is 6.35. The van der Waals surface area contributed by atoms with Crippen molar-refractivity contribution in [2.24, 2.45) is 5.92 Å². The third-order valence-electron chi connectivity index (χ3n) is 5.38. The Labute approximate surface area is 158 Å². The molecule has 1 amide bonds. The molecule has 0 unspecified atom stereocenters. The molecule has 0 saturated heterocycles. The van der Waals surface area contributed by atoms with Crippen molar-refractivity contribution in [1.82, 2.24) is 9.78 Å². The summed E-state index contributed by atoms with van der Waals surface area (Å²) in [4.78, 5) is 12.6. The number of anilines is 1. The molecule has 4 rings (SSSR count). The Bertz CT molecular complexity index is 779. The van der Waals surface area contributed by atoms with Crippen LogP contribution in [0.3, 0.4) is 0 Å². The van der Waals surface area contributed by atoms with E-state index in [1.54, 1.807) is 7.11 Å². The van der Waals surface area contributed by atoms with E-state index in [9.17, 15) is 4.79 Å². The largest absolute Gasteiger partial charge is 0.497 e. The summed E-state index contributed by atoms with van der Waals surface area (Å²) in [6, 6.07) is 7.79. The van der Waals surface area contributed by atoms with Gasteiger partial charge in [0.15, 0.2) is 0 Å². The molecule has 1 aliphatic heterocycles. The molecule has 26 heavy (non-hydrogen) atoms. The van der Waals surface area contributed by atoms with Crippen molar-refractivity contribution in [3.8, 4) is 11.4 Å². The molecule has 1 aliphatic carbocycles. The van der Waals surface area contributed by atoms with Gasteiger partial charge in [0.2, 0.25) is 5.91 Å². The highest BCUT2D eigenvalue weighted by Crippen LogP contribution is 2.36. The van der Waals surface area contributed by atoms with Gasteiger partial charge >= 0.3 is 0 Å². The predicted octanol–water partition coefficient (Wildman–Crippen LogP) is 4.54. The molecule has 0 radical (unpaired) electrons. The van der Waals surface area contributed by atoms with Crippen molar-refractivity contribution < 1.29 is 9.53 Å². The lowest BCUT2D eigenvalue weighted by Gasteiger charge is -2.13. The van der Waals surface area contributed by atoms with Crippen LogP contribution in [-0.4, -0.2) is 22.8 Å². The van der Waals surface area contributed by atoms with Crippen molar-refractivity contribution in [2.75, 3.05) is 12.4 Å². The van der Waals surface area contributed by atoms with Crippen LogP contribution in [0.2, 0.25) is 0 Å². The van der Waals surface area contributed by atoms with Gasteiger partial charge < -0.3 is 10.1 Å². The maximum atomic E-state index is 12.6. The highest BCUT2D eigenvalue weighted by atomic mass is 32.2. The van der Waals surface area contributed by atoms with Crippen LogP contribution < -0.4 is 10.1 Å². The molecule has 1 saturated carbocycles. The number of carbonyl (C=O) groups excluding carboxylic acids is 1. The number of aromatic nitrogens is 2. The molecule has 2 aromatic rings. The van der Waals surface area contributed by atoms with Gasteiger partial charge in [-0.1, -0.05) is 25.7 Å². The van der Waals surface area contributed by atoms with Crippen LogP contribution in [0.1, 0.15) is 49.8 Å². The number of hydrogen-bond donors (Lipinski definition) is 1. The molecule has 5 nitrogen and oxygen atoms in total. The zero-order valence-corrected chi connectivity index (χ0v) is 16.0. The zero-order chi connectivity index (χ0) is 17.9. The SMILES string of the molecule is COc1ccc(-n2nc3c(c2NC(=O)CCC2CCCC2)CSC3)cc1. The first-order valence-corrected chi connectivity index (χ1v) is 10.5. The molecule has 0 spiro atoms. The maximum Gasteiger partial charge on any atom is 0.225 e. The summed E-state index contributed by atoms with van der Waals surface area (Å²) in [5, 5.41) is 7.91. The Morgan fingerprint density at radius 3 is 2.77 bits per heavy atom. The van der Waals surface area contributed by atoms with Crippen LogP contribution in [0.15, 0.2) is 24.3 Å². The van der Waals surface area contributed by atoms with Crippen molar-refractivity contribution >= 4 is 23.5 Å². The lowest BCUT2D eigenvalue weighted by Crippen LogP contribution is -2.16. The Hall–Kier alpha value is -1.95. The average molecular weight is 372 g/mol. The lowest BCUT2D eigenvalue weighted by molar-refractivity contribution is -0.116. The van der Waals surface area contributed by atoms with E-state index < -0.39 is 0 Å². The minimum Gasteiger partial charge on any atom is -0.497 e. The molecular formula is C20H25N3O2S. The number of thioether (sulfide) groups is 1. The Balaban J connectivity index is 1.53. The molecular weight excluding hydrogens is 346 g/mol. The second-order valence-corrected chi connectivity index (χ2v) is 8.10. The summed E-state index contributed by atoms with van der Waals surface area (Å²) in [5.74, 6) is 4.30. The van der Waals surface area contributed by atoms with Gasteiger partial charge in [0, 0.05) is 23.5 Å². The molecule has 1 fully saturated rings. The Morgan fingerprint density at radius 2 is 2.04 bits per heavy atom. The summed E-state index contributed by atoms with van der Waals surface area (Å²) < 4.78 is 7.11. The molecule has 2 aliphatic rings. The standard InChI is InChI=1S/C20H25N3O2S/c1-25-16-9-7-15(8-10-16)23-20(17-12-26-13-18(17)22-23)21-19(24)11-6-14-4-2-3-5-14/h7-10,14H,2-6,11-13H2,1H3,(H,21,24). The molecule has 2 heterocycles. The van der Waals surface area contributed by atoms with Crippen LogP contribution in [0.4, 0.5) is 5.82 Å². The van der Waals surface area contributed by atoms with Crippen molar-refractivity contribution in [2.45, 2.75) is 50.0 Å². The smallest absolute Gasteiger partial charge is 0.225 e. The first kappa shape index (κ1) is 17.5. The fourth-order valence-electron chi connectivity index (χ4n) is 3.88. The quantitative estimate of drug-likeness (QED) is 0.810. The molecule has 0 bridgehead atoms. The van der Waals surface area contributed by atoms with Gasteiger partial charge in [0.1, 0.15) is 11.6 Å². The van der Waals surface area contributed by atoms with Gasteiger partial charge in [0.25, 0.3) is 0 Å². The number of hydrogen-bond acceptors (Lipinski definition) is 4. The fourth-order valence-corrected chi connectivity index (χ4v) is 4.92. The number of nitrogens with zero attached hydrogens (tertiary/aromatic N) is 2. The first-order chi connectivity index (χ1) is 12.7. The number of rotatable bonds is 6. The lowest BCUT2D eigenvalue weighted by atomic mass is 10.0. The third kappa shape index (κ3) is 3.61. The van der Waals surface area contributed by atoms with Crippen molar-refractivity contribution in [3.63, 3.8) is 0 Å². The van der Waals surface area contributed by atoms with E-state index in [1.807, 2.05) is 40.7 Å². The van der Waals surface area contributed by atoms with E-state index in [0.717, 1.165) is 46.8 Å². The average Bonchev–Trinajstić information content (AvgIpc) is 3.39. The normalized spacial score (nSPS) is 16.7. The van der Waals surface area contributed by atoms with Crippen molar-refractivity contribution in [3.05, 3.63) is 35.5 Å². The van der Waals surface area contributed by atoms with E-state index in [2.05, 4.69) is 5.32 Å². The number of ether oxygens (including phenoxy) is 1. The number of benzene rings is 1. The summed E-state index contributed by atoms with van der Waals surface area (Å²) in [6.45, 7) is 0. The van der Waals surface area contributed by atoms with E-state index in [1.165, 1.54) is 31.2 Å². The molecule has 0 atom stereocenters.